The van der Waals surface area contributed by atoms with E-state index in [2.05, 4.69) is 29.6 Å². The number of ether oxygens (including phenoxy) is 1. The predicted molar refractivity (Wildman–Crippen MR) is 90.9 cm³/mol. The van der Waals surface area contributed by atoms with E-state index in [9.17, 15) is 9.59 Å². The van der Waals surface area contributed by atoms with Crippen molar-refractivity contribution in [2.75, 3.05) is 20.3 Å². The molecular formula is C17H28N4O3. The van der Waals surface area contributed by atoms with Gasteiger partial charge in [0.05, 0.1) is 24.4 Å². The second kappa shape index (κ2) is 7.79. The van der Waals surface area contributed by atoms with Gasteiger partial charge in [-0.05, 0) is 32.6 Å². The first-order chi connectivity index (χ1) is 11.5. The van der Waals surface area contributed by atoms with Crippen LogP contribution in [-0.2, 0) is 9.53 Å². The van der Waals surface area contributed by atoms with Crippen molar-refractivity contribution in [1.29, 1.82) is 0 Å². The van der Waals surface area contributed by atoms with Crippen LogP contribution in [0.3, 0.4) is 0 Å². The van der Waals surface area contributed by atoms with Gasteiger partial charge in [0.1, 0.15) is 5.54 Å². The third-order valence-electron chi connectivity index (χ3n) is 4.71. The highest BCUT2D eigenvalue weighted by Gasteiger charge is 2.51. The summed E-state index contributed by atoms with van der Waals surface area (Å²) in [5, 5.41) is 10.1. The van der Waals surface area contributed by atoms with Gasteiger partial charge in [-0.15, -0.1) is 0 Å². The van der Waals surface area contributed by atoms with Crippen LogP contribution >= 0.6 is 0 Å². The number of rotatable bonds is 9. The second-order valence-corrected chi connectivity index (χ2v) is 6.34. The summed E-state index contributed by atoms with van der Waals surface area (Å²) in [6.45, 7) is 7.02. The van der Waals surface area contributed by atoms with Gasteiger partial charge in [-0.3, -0.25) is 14.3 Å². The Morgan fingerprint density at radius 3 is 2.58 bits per heavy atom. The van der Waals surface area contributed by atoms with Crippen molar-refractivity contribution in [2.24, 2.45) is 0 Å². The third kappa shape index (κ3) is 3.77. The van der Waals surface area contributed by atoms with E-state index in [1.165, 1.54) is 0 Å². The molecule has 0 aliphatic heterocycles. The molecule has 134 valence electrons. The van der Waals surface area contributed by atoms with Gasteiger partial charge in [0.25, 0.3) is 5.91 Å². The lowest BCUT2D eigenvalue weighted by Crippen LogP contribution is -2.49. The fourth-order valence-electron chi connectivity index (χ4n) is 2.90. The molecule has 0 atom stereocenters. The SMILES string of the molecule is CCC(CC)n1ncc(C(=O)NC2(C(=O)NCCOC)CC2)c1C. The summed E-state index contributed by atoms with van der Waals surface area (Å²) in [6, 6.07) is 0.291. The maximum Gasteiger partial charge on any atom is 0.255 e. The maximum absolute atomic E-state index is 12.6. The minimum absolute atomic E-state index is 0.141. The van der Waals surface area contributed by atoms with Gasteiger partial charge >= 0.3 is 0 Å². The van der Waals surface area contributed by atoms with E-state index in [-0.39, 0.29) is 11.8 Å². The zero-order chi connectivity index (χ0) is 17.7. The topological polar surface area (TPSA) is 85.2 Å². The lowest BCUT2D eigenvalue weighted by Gasteiger charge is -2.18. The van der Waals surface area contributed by atoms with Gasteiger partial charge in [0, 0.05) is 19.3 Å². The first-order valence-corrected chi connectivity index (χ1v) is 8.63. The number of hydrogen-bond donors (Lipinski definition) is 2. The van der Waals surface area contributed by atoms with Crippen LogP contribution in [0, 0.1) is 6.92 Å². The van der Waals surface area contributed by atoms with E-state index in [1.54, 1.807) is 13.3 Å². The molecule has 1 aliphatic carbocycles. The van der Waals surface area contributed by atoms with Gasteiger partial charge in [0.15, 0.2) is 0 Å². The average molecular weight is 336 g/mol. The molecule has 1 fully saturated rings. The molecular weight excluding hydrogens is 308 g/mol. The highest BCUT2D eigenvalue weighted by molar-refractivity contribution is 6.01. The van der Waals surface area contributed by atoms with Crippen LogP contribution in [0.5, 0.6) is 0 Å². The van der Waals surface area contributed by atoms with E-state index < -0.39 is 5.54 Å². The predicted octanol–water partition coefficient (Wildman–Crippen LogP) is 1.58. The van der Waals surface area contributed by atoms with E-state index in [0.717, 1.165) is 18.5 Å². The smallest absolute Gasteiger partial charge is 0.255 e. The fraction of sp³-hybridized carbons (Fsp3) is 0.706. The third-order valence-corrected chi connectivity index (χ3v) is 4.71. The first-order valence-electron chi connectivity index (χ1n) is 8.63. The zero-order valence-electron chi connectivity index (χ0n) is 15.0. The standard InChI is InChI=1S/C17H28N4O3/c1-5-13(6-2)21-12(3)14(11-19-21)15(22)20-17(7-8-17)16(23)18-9-10-24-4/h11,13H,5-10H2,1-4H3,(H,18,23)(H,20,22). The van der Waals surface area contributed by atoms with Gasteiger partial charge in [0.2, 0.25) is 5.91 Å². The number of amides is 2. The van der Waals surface area contributed by atoms with Gasteiger partial charge in [-0.25, -0.2) is 0 Å². The van der Waals surface area contributed by atoms with E-state index in [1.807, 2.05) is 11.6 Å². The molecule has 7 heteroatoms. The van der Waals surface area contributed by atoms with Crippen molar-refractivity contribution >= 4 is 11.8 Å². The molecule has 24 heavy (non-hydrogen) atoms. The minimum Gasteiger partial charge on any atom is -0.383 e. The average Bonchev–Trinajstić information content (AvgIpc) is 3.25. The van der Waals surface area contributed by atoms with Crippen molar-refractivity contribution in [1.82, 2.24) is 20.4 Å². The summed E-state index contributed by atoms with van der Waals surface area (Å²) in [6.07, 6.45) is 4.86. The number of nitrogens with zero attached hydrogens (tertiary/aromatic N) is 2. The molecule has 2 rings (SSSR count). The molecule has 1 aliphatic rings. The van der Waals surface area contributed by atoms with Crippen LogP contribution < -0.4 is 10.6 Å². The molecule has 0 radical (unpaired) electrons. The molecule has 1 heterocycles. The first kappa shape index (κ1) is 18.4. The van der Waals surface area contributed by atoms with Crippen LogP contribution in [0.15, 0.2) is 6.20 Å². The summed E-state index contributed by atoms with van der Waals surface area (Å²) < 4.78 is 6.83. The number of nitrogens with one attached hydrogen (secondary N) is 2. The molecule has 2 amide bonds. The number of hydrogen-bond acceptors (Lipinski definition) is 4. The highest BCUT2D eigenvalue weighted by atomic mass is 16.5. The summed E-state index contributed by atoms with van der Waals surface area (Å²) in [4.78, 5) is 24.9. The molecule has 1 aromatic heterocycles. The van der Waals surface area contributed by atoms with Crippen LogP contribution in [0.25, 0.3) is 0 Å². The summed E-state index contributed by atoms with van der Waals surface area (Å²) in [5.74, 6) is -0.373. The van der Waals surface area contributed by atoms with E-state index in [0.29, 0.717) is 37.6 Å². The molecule has 1 aromatic rings. The van der Waals surface area contributed by atoms with Crippen molar-refractivity contribution in [3.63, 3.8) is 0 Å². The highest BCUT2D eigenvalue weighted by Crippen LogP contribution is 2.36. The molecule has 0 spiro atoms. The number of carbonyl (C=O) groups excluding carboxylic acids is 2. The lowest BCUT2D eigenvalue weighted by molar-refractivity contribution is -0.124. The minimum atomic E-state index is -0.770. The van der Waals surface area contributed by atoms with Gasteiger partial charge < -0.3 is 15.4 Å². The van der Waals surface area contributed by atoms with Gasteiger partial charge in [-0.1, -0.05) is 13.8 Å². The molecule has 2 N–H and O–H groups in total. The summed E-state index contributed by atoms with van der Waals surface area (Å²) >= 11 is 0. The number of aromatic nitrogens is 2. The van der Waals surface area contributed by atoms with Crippen molar-refractivity contribution < 1.29 is 14.3 Å². The van der Waals surface area contributed by atoms with E-state index >= 15 is 0 Å². The van der Waals surface area contributed by atoms with Crippen LogP contribution in [0.2, 0.25) is 0 Å². The lowest BCUT2D eigenvalue weighted by atomic mass is 10.1. The number of carbonyl (C=O) groups is 2. The maximum atomic E-state index is 12.6. The van der Waals surface area contributed by atoms with E-state index in [4.69, 9.17) is 4.74 Å². The van der Waals surface area contributed by atoms with Crippen molar-refractivity contribution in [3.8, 4) is 0 Å². The Balaban J connectivity index is 2.04. The Morgan fingerprint density at radius 2 is 2.04 bits per heavy atom. The Bertz CT molecular complexity index is 589. The van der Waals surface area contributed by atoms with Crippen LogP contribution in [-0.4, -0.2) is 47.4 Å². The summed E-state index contributed by atoms with van der Waals surface area (Å²) in [7, 11) is 1.58. The molecule has 7 nitrogen and oxygen atoms in total. The monoisotopic (exact) mass is 336 g/mol. The molecule has 0 saturated heterocycles. The van der Waals surface area contributed by atoms with Crippen LogP contribution in [0.4, 0.5) is 0 Å². The Morgan fingerprint density at radius 1 is 1.38 bits per heavy atom. The number of methoxy groups -OCH3 is 1. The fourth-order valence-corrected chi connectivity index (χ4v) is 2.90. The molecule has 0 aromatic carbocycles. The van der Waals surface area contributed by atoms with Crippen molar-refractivity contribution in [2.45, 2.75) is 58.0 Å². The zero-order valence-corrected chi connectivity index (χ0v) is 15.0. The molecule has 0 unspecified atom stereocenters. The second-order valence-electron chi connectivity index (χ2n) is 6.34. The van der Waals surface area contributed by atoms with Gasteiger partial charge in [-0.2, -0.15) is 5.10 Å². The normalized spacial score (nSPS) is 15.4. The summed E-state index contributed by atoms with van der Waals surface area (Å²) in [5.41, 5.74) is 0.614. The Hall–Kier alpha value is -1.89. The Kier molecular flexibility index (Phi) is 5.99. The Labute approximate surface area is 143 Å². The van der Waals surface area contributed by atoms with Crippen molar-refractivity contribution in [3.05, 3.63) is 17.5 Å². The van der Waals surface area contributed by atoms with Crippen LogP contribution in [0.1, 0.15) is 61.6 Å². The largest absolute Gasteiger partial charge is 0.383 e. The quantitative estimate of drug-likeness (QED) is 0.671. The molecule has 0 bridgehead atoms. The molecule has 1 saturated carbocycles.